The number of amides is 2. The van der Waals surface area contributed by atoms with Crippen LogP contribution in [0.5, 0.6) is 0 Å². The highest BCUT2D eigenvalue weighted by Crippen LogP contribution is 2.39. The monoisotopic (exact) mass is 698 g/mol. The molecule has 2 amide bonds. The van der Waals surface area contributed by atoms with Crippen molar-refractivity contribution >= 4 is 34.2 Å². The number of nitrogens with one attached hydrogen (secondary N) is 2. The molecule has 0 aromatic heterocycles. The number of carbonyl (C=O) groups is 4. The van der Waals surface area contributed by atoms with E-state index in [4.69, 9.17) is 38.5 Å². The number of aliphatic hydroxyl groups excluding tert-OH is 6. The summed E-state index contributed by atoms with van der Waals surface area (Å²) in [7, 11) is -4.67. The molecule has 4 aliphatic rings. The lowest BCUT2D eigenvalue weighted by Crippen LogP contribution is -2.61. The lowest BCUT2D eigenvalue weighted by Gasteiger charge is -2.43. The Bertz CT molecular complexity index is 1290. The van der Waals surface area contributed by atoms with Gasteiger partial charge in [-0.05, 0) is 27.7 Å². The van der Waals surface area contributed by atoms with E-state index >= 15 is 0 Å². The van der Waals surface area contributed by atoms with Crippen LogP contribution in [-0.4, -0.2) is 133 Å². The molecule has 2 aliphatic heterocycles. The van der Waals surface area contributed by atoms with Crippen LogP contribution in [0.4, 0.5) is 0 Å². The molecular formula is C26H42N4O16S. The van der Waals surface area contributed by atoms with Crippen LogP contribution >= 0.6 is 0 Å². The molecule has 0 saturated carbocycles. The third-order valence-electron chi connectivity index (χ3n) is 7.87. The Kier molecular flexibility index (Phi) is 13.2. The third kappa shape index (κ3) is 9.81. The average Bonchev–Trinajstić information content (AvgIpc) is 2.92. The first-order valence-electron chi connectivity index (χ1n) is 14.3. The van der Waals surface area contributed by atoms with Gasteiger partial charge in [0.2, 0.25) is 11.8 Å². The summed E-state index contributed by atoms with van der Waals surface area (Å²) in [6.07, 6.45) is -6.91. The van der Waals surface area contributed by atoms with E-state index in [9.17, 15) is 49.8 Å². The smallest absolute Gasteiger partial charge is 0.394 e. The Hall–Kier alpha value is -3.41. The lowest BCUT2D eigenvalue weighted by atomic mass is 9.74. The van der Waals surface area contributed by atoms with Gasteiger partial charge in [0, 0.05) is 24.7 Å². The number of rotatable bonds is 4. The molecule has 0 bridgehead atoms. The Morgan fingerprint density at radius 1 is 0.745 bits per heavy atom. The molecule has 14 N–H and O–H groups in total. The molecule has 2 saturated heterocycles. The van der Waals surface area contributed by atoms with Crippen LogP contribution in [0.15, 0.2) is 22.7 Å². The number of hydrogen-bond acceptors (Lipinski definition) is 16. The average molecular weight is 699 g/mol. The summed E-state index contributed by atoms with van der Waals surface area (Å²) in [6, 6.07) is -3.10. The number of cyclic esters (lactones) is 2. The van der Waals surface area contributed by atoms with Gasteiger partial charge in [-0.15, -0.1) is 0 Å². The zero-order chi connectivity index (χ0) is 36.3. The predicted molar refractivity (Wildman–Crippen MR) is 156 cm³/mol. The molecule has 21 heteroatoms. The van der Waals surface area contributed by atoms with Gasteiger partial charge in [0.05, 0.1) is 59.7 Å². The fourth-order valence-corrected chi connectivity index (χ4v) is 5.56. The van der Waals surface area contributed by atoms with Crippen molar-refractivity contribution in [2.45, 2.75) is 101 Å². The van der Waals surface area contributed by atoms with E-state index in [0.29, 0.717) is 0 Å². The number of fused-ring (bicyclic) bond motifs is 2. The summed E-state index contributed by atoms with van der Waals surface area (Å²) in [5, 5.41) is 64.9. The molecule has 2 aliphatic carbocycles. The largest absolute Gasteiger partial charge is 0.512 e. The highest BCUT2D eigenvalue weighted by molar-refractivity contribution is 7.79. The van der Waals surface area contributed by atoms with E-state index in [1.54, 1.807) is 13.8 Å². The van der Waals surface area contributed by atoms with Crippen molar-refractivity contribution < 1.29 is 76.8 Å². The van der Waals surface area contributed by atoms with E-state index in [1.165, 1.54) is 13.8 Å². The number of ether oxygens (including phenoxy) is 2. The standard InChI is InChI=1S/2C13H20N2O6.H2O4S/c2*1-4(14)12(19)15-10-5(2)21-13(20)8-6(16)3-7(17)11(18)9(8)10;1-5(2,3)4/h2*4-5,7,9-11,16-18H,3,14H2,1-2H3,(H,15,19);(H2,1,2,3,4). The van der Waals surface area contributed by atoms with E-state index in [-0.39, 0.29) is 35.5 Å². The van der Waals surface area contributed by atoms with Gasteiger partial charge in [0.1, 0.15) is 23.7 Å². The maximum Gasteiger partial charge on any atom is 0.394 e. The summed E-state index contributed by atoms with van der Waals surface area (Å²) in [5.41, 5.74) is 10.8. The van der Waals surface area contributed by atoms with Gasteiger partial charge >= 0.3 is 22.3 Å². The van der Waals surface area contributed by atoms with Gasteiger partial charge in [-0.2, -0.15) is 8.42 Å². The first-order chi connectivity index (χ1) is 21.5. The maximum absolute atomic E-state index is 11.9. The molecule has 12 unspecified atom stereocenters. The summed E-state index contributed by atoms with van der Waals surface area (Å²) in [4.78, 5) is 47.4. The summed E-state index contributed by atoms with van der Waals surface area (Å²) < 4.78 is 41.8. The van der Waals surface area contributed by atoms with Crippen LogP contribution in [0.25, 0.3) is 0 Å². The Morgan fingerprint density at radius 3 is 1.28 bits per heavy atom. The predicted octanol–water partition coefficient (Wildman–Crippen LogP) is -4.02. The molecule has 0 aromatic carbocycles. The zero-order valence-electron chi connectivity index (χ0n) is 25.7. The number of hydrogen-bond donors (Lipinski definition) is 12. The van der Waals surface area contributed by atoms with Crippen molar-refractivity contribution in [1.82, 2.24) is 10.6 Å². The highest BCUT2D eigenvalue weighted by atomic mass is 32.3. The van der Waals surface area contributed by atoms with Crippen LogP contribution in [0.2, 0.25) is 0 Å². The van der Waals surface area contributed by atoms with Gasteiger partial charge in [-0.25, -0.2) is 9.59 Å². The third-order valence-corrected chi connectivity index (χ3v) is 7.87. The minimum atomic E-state index is -4.67. The summed E-state index contributed by atoms with van der Waals surface area (Å²) in [5.74, 6) is -4.97. The normalized spacial score (nSPS) is 34.8. The molecule has 2 fully saturated rings. The molecule has 0 radical (unpaired) electrons. The first-order valence-corrected chi connectivity index (χ1v) is 15.7. The fraction of sp³-hybridized carbons (Fsp3) is 0.692. The lowest BCUT2D eigenvalue weighted by molar-refractivity contribution is -0.159. The molecule has 4 rings (SSSR count). The van der Waals surface area contributed by atoms with Crippen molar-refractivity contribution in [3.63, 3.8) is 0 Å². The van der Waals surface area contributed by atoms with Crippen molar-refractivity contribution in [3.05, 3.63) is 22.7 Å². The molecule has 0 aromatic rings. The second-order valence-corrected chi connectivity index (χ2v) is 12.5. The van der Waals surface area contributed by atoms with Crippen molar-refractivity contribution in [3.8, 4) is 0 Å². The summed E-state index contributed by atoms with van der Waals surface area (Å²) >= 11 is 0. The molecule has 0 spiro atoms. The van der Waals surface area contributed by atoms with Crippen molar-refractivity contribution in [1.29, 1.82) is 0 Å². The van der Waals surface area contributed by atoms with E-state index in [0.717, 1.165) is 0 Å². The van der Waals surface area contributed by atoms with Crippen LogP contribution in [0.3, 0.4) is 0 Å². The van der Waals surface area contributed by atoms with Gasteiger partial charge in [-0.3, -0.25) is 18.7 Å². The Morgan fingerprint density at radius 2 is 1.02 bits per heavy atom. The minimum Gasteiger partial charge on any atom is -0.512 e. The molecule has 20 nitrogen and oxygen atoms in total. The number of carbonyl (C=O) groups excluding carboxylic acids is 4. The van der Waals surface area contributed by atoms with Crippen molar-refractivity contribution in [2.24, 2.45) is 23.3 Å². The number of nitrogens with two attached hydrogens (primary N) is 2. The second kappa shape index (κ2) is 15.7. The molecule has 12 atom stereocenters. The second-order valence-electron chi connectivity index (χ2n) is 11.6. The number of esters is 2. The molecule has 47 heavy (non-hydrogen) atoms. The van der Waals surface area contributed by atoms with Crippen LogP contribution in [0, 0.1) is 11.8 Å². The Labute approximate surface area is 269 Å². The fourth-order valence-electron chi connectivity index (χ4n) is 5.56. The maximum atomic E-state index is 11.9. The topological polar surface area (TPSA) is 359 Å². The van der Waals surface area contributed by atoms with Gasteiger partial charge in [0.15, 0.2) is 0 Å². The van der Waals surface area contributed by atoms with Crippen molar-refractivity contribution in [2.75, 3.05) is 0 Å². The van der Waals surface area contributed by atoms with Gasteiger partial charge in [0.25, 0.3) is 0 Å². The van der Waals surface area contributed by atoms with Crippen LogP contribution < -0.4 is 22.1 Å². The zero-order valence-corrected chi connectivity index (χ0v) is 26.6. The van der Waals surface area contributed by atoms with Crippen LogP contribution in [0.1, 0.15) is 40.5 Å². The van der Waals surface area contributed by atoms with Crippen LogP contribution in [-0.2, 0) is 39.1 Å². The van der Waals surface area contributed by atoms with Gasteiger partial charge in [-0.1, -0.05) is 0 Å². The van der Waals surface area contributed by atoms with E-state index in [2.05, 4.69) is 10.6 Å². The van der Waals surface area contributed by atoms with E-state index < -0.39 is 107 Å². The summed E-state index contributed by atoms with van der Waals surface area (Å²) in [6.45, 7) is 6.11. The minimum absolute atomic E-state index is 0.0964. The highest BCUT2D eigenvalue weighted by Gasteiger charge is 2.52. The number of aliphatic hydroxyl groups is 6. The first kappa shape index (κ1) is 39.8. The molecular weight excluding hydrogens is 656 g/mol. The van der Waals surface area contributed by atoms with E-state index in [1.807, 2.05) is 0 Å². The Balaban J connectivity index is 0.000000286. The molecule has 2 heterocycles. The SMILES string of the molecule is CC(N)C(=O)NC1C(C)OC(=O)C2=C(O)CC(O)C(O)C21.CC(N)C(=O)NC1C(C)OC(=O)C2=C(O)CC(O)C(O)C21.O=S(=O)(O)O. The quantitative estimate of drug-likeness (QED) is 0.0982. The van der Waals surface area contributed by atoms with Gasteiger partial charge < -0.3 is 62.2 Å². The molecule has 268 valence electrons.